The monoisotopic (exact) mass is 427 g/mol. The molecule has 0 saturated carbocycles. The van der Waals surface area contributed by atoms with Gasteiger partial charge < -0.3 is 9.47 Å². The quantitative estimate of drug-likeness (QED) is 0.348. The van der Waals surface area contributed by atoms with Crippen LogP contribution in [0.3, 0.4) is 0 Å². The molecule has 0 amide bonds. The molecule has 1 aliphatic heterocycles. The summed E-state index contributed by atoms with van der Waals surface area (Å²) < 4.78 is 12.6. The maximum atomic E-state index is 13.3. The van der Waals surface area contributed by atoms with E-state index in [2.05, 4.69) is 6.07 Å². The Hall–Kier alpha value is -3.76. The van der Waals surface area contributed by atoms with Gasteiger partial charge in [0.05, 0.1) is 29.1 Å². The second kappa shape index (κ2) is 8.17. The summed E-state index contributed by atoms with van der Waals surface area (Å²) in [4.78, 5) is 18.1. The zero-order valence-electron chi connectivity index (χ0n) is 16.4. The summed E-state index contributed by atoms with van der Waals surface area (Å²) >= 11 is 1.48. The first-order chi connectivity index (χ1) is 15.2. The second-order valence-electron chi connectivity index (χ2n) is 7.09. The van der Waals surface area contributed by atoms with Gasteiger partial charge in [-0.05, 0) is 47.5 Å². The molecule has 1 aromatic heterocycles. The van der Waals surface area contributed by atoms with Crippen LogP contribution < -0.4 is 15.0 Å². The fraction of sp³-hybridized carbons (Fsp3) is 0.125. The summed E-state index contributed by atoms with van der Waals surface area (Å²) in [5.74, 6) is 1.99. The summed E-state index contributed by atoms with van der Waals surface area (Å²) in [7, 11) is 0. The molecule has 0 atom stereocenters. The van der Waals surface area contributed by atoms with Crippen molar-refractivity contribution < 1.29 is 9.47 Å². The van der Waals surface area contributed by atoms with Crippen LogP contribution in [0.4, 0.5) is 0 Å². The van der Waals surface area contributed by atoms with Crippen molar-refractivity contribution in [3.63, 3.8) is 0 Å². The van der Waals surface area contributed by atoms with Crippen LogP contribution in [0.5, 0.6) is 11.5 Å². The number of hydrogen-bond acceptors (Lipinski definition) is 6. The number of thioether (sulfide) groups is 1. The lowest BCUT2D eigenvalue weighted by Gasteiger charge is -2.14. The number of aromatic nitrogens is 2. The van der Waals surface area contributed by atoms with Crippen LogP contribution in [-0.4, -0.2) is 16.3 Å². The van der Waals surface area contributed by atoms with E-state index in [4.69, 9.17) is 19.7 Å². The lowest BCUT2D eigenvalue weighted by atomic mass is 10.2. The predicted molar refractivity (Wildman–Crippen MR) is 118 cm³/mol. The van der Waals surface area contributed by atoms with Gasteiger partial charge in [-0.25, -0.2) is 4.98 Å². The molecule has 0 unspecified atom stereocenters. The third-order valence-electron chi connectivity index (χ3n) is 5.03. The molecule has 152 valence electrons. The van der Waals surface area contributed by atoms with Crippen molar-refractivity contribution in [2.75, 3.05) is 6.79 Å². The molecule has 31 heavy (non-hydrogen) atoms. The van der Waals surface area contributed by atoms with Gasteiger partial charge in [-0.2, -0.15) is 5.26 Å². The second-order valence-corrected chi connectivity index (χ2v) is 8.03. The Labute approximate surface area is 182 Å². The Balaban J connectivity index is 1.53. The molecule has 4 aromatic rings. The Kier molecular flexibility index (Phi) is 5.06. The summed E-state index contributed by atoms with van der Waals surface area (Å²) in [6.07, 6.45) is 0. The molecule has 3 aromatic carbocycles. The maximum Gasteiger partial charge on any atom is 0.262 e. The largest absolute Gasteiger partial charge is 0.454 e. The first kappa shape index (κ1) is 19.2. The normalized spacial score (nSPS) is 12.1. The summed E-state index contributed by atoms with van der Waals surface area (Å²) in [6, 6.07) is 22.7. The summed E-state index contributed by atoms with van der Waals surface area (Å²) in [5, 5.41) is 10.4. The van der Waals surface area contributed by atoms with Crippen LogP contribution in [0.25, 0.3) is 10.9 Å². The highest BCUT2D eigenvalue weighted by atomic mass is 32.2. The lowest BCUT2D eigenvalue weighted by Crippen LogP contribution is -2.24. The zero-order chi connectivity index (χ0) is 21.2. The van der Waals surface area contributed by atoms with Gasteiger partial charge in [-0.3, -0.25) is 9.36 Å². The Morgan fingerprint density at radius 1 is 1.00 bits per heavy atom. The molecule has 0 bridgehead atoms. The van der Waals surface area contributed by atoms with Crippen molar-refractivity contribution in [2.24, 2.45) is 0 Å². The predicted octanol–water partition coefficient (Wildman–Crippen LogP) is 4.34. The zero-order valence-corrected chi connectivity index (χ0v) is 17.3. The van der Waals surface area contributed by atoms with Crippen LogP contribution >= 0.6 is 11.8 Å². The van der Waals surface area contributed by atoms with Gasteiger partial charge >= 0.3 is 0 Å². The van der Waals surface area contributed by atoms with Crippen molar-refractivity contribution in [1.82, 2.24) is 9.55 Å². The fourth-order valence-electron chi connectivity index (χ4n) is 3.50. The highest BCUT2D eigenvalue weighted by Crippen LogP contribution is 2.33. The molecule has 0 radical (unpaired) electrons. The number of rotatable bonds is 5. The number of fused-ring (bicyclic) bond motifs is 2. The van der Waals surface area contributed by atoms with E-state index >= 15 is 0 Å². The molecule has 0 fully saturated rings. The van der Waals surface area contributed by atoms with Gasteiger partial charge in [-0.1, -0.05) is 42.1 Å². The van der Waals surface area contributed by atoms with Gasteiger partial charge in [0, 0.05) is 5.75 Å². The minimum Gasteiger partial charge on any atom is -0.454 e. The molecule has 6 nitrogen and oxygen atoms in total. The molecule has 0 aliphatic carbocycles. The average Bonchev–Trinajstić information content (AvgIpc) is 3.28. The van der Waals surface area contributed by atoms with Crippen molar-refractivity contribution in [3.05, 3.63) is 93.8 Å². The Bertz CT molecular complexity index is 1390. The molecule has 1 aliphatic rings. The molecule has 5 rings (SSSR count). The van der Waals surface area contributed by atoms with E-state index in [1.54, 1.807) is 16.7 Å². The first-order valence-electron chi connectivity index (χ1n) is 9.71. The summed E-state index contributed by atoms with van der Waals surface area (Å²) in [5.41, 5.74) is 3.12. The number of nitriles is 1. The van der Waals surface area contributed by atoms with Gasteiger partial charge in [0.1, 0.15) is 0 Å². The van der Waals surface area contributed by atoms with E-state index < -0.39 is 0 Å². The number of para-hydroxylation sites is 1. The molecular formula is C24H17N3O3S. The van der Waals surface area contributed by atoms with E-state index in [-0.39, 0.29) is 12.4 Å². The number of ether oxygens (including phenoxy) is 2. The first-order valence-corrected chi connectivity index (χ1v) is 10.7. The van der Waals surface area contributed by atoms with Crippen molar-refractivity contribution in [1.29, 1.82) is 5.26 Å². The third kappa shape index (κ3) is 3.86. The molecule has 7 heteroatoms. The summed E-state index contributed by atoms with van der Waals surface area (Å²) in [6.45, 7) is 0.576. The SMILES string of the molecule is N#Cc1cccc(CSc2nc3ccccc3c(=O)n2Cc2ccc3c(c2)OCO3)c1. The highest BCUT2D eigenvalue weighted by molar-refractivity contribution is 7.98. The van der Waals surface area contributed by atoms with E-state index in [0.717, 1.165) is 11.1 Å². The number of benzene rings is 3. The average molecular weight is 427 g/mol. The van der Waals surface area contributed by atoms with Crippen LogP contribution in [0, 0.1) is 11.3 Å². The fourth-order valence-corrected chi connectivity index (χ4v) is 4.44. The maximum absolute atomic E-state index is 13.3. The van der Waals surface area contributed by atoms with Crippen LogP contribution in [0.1, 0.15) is 16.7 Å². The van der Waals surface area contributed by atoms with E-state index in [0.29, 0.717) is 45.4 Å². The molecule has 0 saturated heterocycles. The van der Waals surface area contributed by atoms with E-state index in [1.807, 2.05) is 54.6 Å². The number of hydrogen-bond donors (Lipinski definition) is 0. The van der Waals surface area contributed by atoms with E-state index in [1.165, 1.54) is 11.8 Å². The minimum absolute atomic E-state index is 0.0865. The molecule has 0 N–H and O–H groups in total. The smallest absolute Gasteiger partial charge is 0.262 e. The Morgan fingerprint density at radius 2 is 1.87 bits per heavy atom. The van der Waals surface area contributed by atoms with Crippen LogP contribution in [0.2, 0.25) is 0 Å². The Morgan fingerprint density at radius 3 is 2.77 bits per heavy atom. The van der Waals surface area contributed by atoms with Crippen LogP contribution in [0.15, 0.2) is 76.7 Å². The van der Waals surface area contributed by atoms with Gasteiger partial charge in [-0.15, -0.1) is 0 Å². The van der Waals surface area contributed by atoms with Gasteiger partial charge in [0.15, 0.2) is 16.7 Å². The molecule has 2 heterocycles. The third-order valence-corrected chi connectivity index (χ3v) is 6.08. The van der Waals surface area contributed by atoms with Crippen molar-refractivity contribution >= 4 is 22.7 Å². The van der Waals surface area contributed by atoms with Gasteiger partial charge in [0.25, 0.3) is 5.56 Å². The van der Waals surface area contributed by atoms with E-state index in [9.17, 15) is 4.79 Å². The molecular weight excluding hydrogens is 410 g/mol. The van der Waals surface area contributed by atoms with Crippen LogP contribution in [-0.2, 0) is 12.3 Å². The minimum atomic E-state index is -0.0865. The topological polar surface area (TPSA) is 77.1 Å². The lowest BCUT2D eigenvalue weighted by molar-refractivity contribution is 0.174. The number of nitrogens with zero attached hydrogens (tertiary/aromatic N) is 3. The highest BCUT2D eigenvalue weighted by Gasteiger charge is 2.16. The molecule has 0 spiro atoms. The standard InChI is InChI=1S/C24H17N3O3S/c25-12-16-4-3-5-18(10-16)14-31-24-26-20-7-2-1-6-19(20)23(28)27(24)13-17-8-9-21-22(11-17)30-15-29-21/h1-11H,13-15H2. The van der Waals surface area contributed by atoms with Crippen molar-refractivity contribution in [2.45, 2.75) is 17.5 Å². The van der Waals surface area contributed by atoms with Gasteiger partial charge in [0.2, 0.25) is 6.79 Å². The van der Waals surface area contributed by atoms with Crippen molar-refractivity contribution in [3.8, 4) is 17.6 Å².